The number of esters is 2. The van der Waals surface area contributed by atoms with Gasteiger partial charge in [-0.15, -0.1) is 0 Å². The molecule has 0 aliphatic carbocycles. The maximum absolute atomic E-state index is 12.2. The summed E-state index contributed by atoms with van der Waals surface area (Å²) in [5.41, 5.74) is -0.632. The second-order valence-corrected chi connectivity index (χ2v) is 8.94. The smallest absolute Gasteiger partial charge is 0.413 e. The highest BCUT2D eigenvalue weighted by Gasteiger charge is 2.39. The highest BCUT2D eigenvalue weighted by Crippen LogP contribution is 2.34. The van der Waals surface area contributed by atoms with Crippen LogP contribution in [0.25, 0.3) is 0 Å². The number of nitrogens with zero attached hydrogens (tertiary/aromatic N) is 1. The summed E-state index contributed by atoms with van der Waals surface area (Å²) in [7, 11) is 1.28. The van der Waals surface area contributed by atoms with Gasteiger partial charge in [-0.1, -0.05) is 20.8 Å². The van der Waals surface area contributed by atoms with Crippen molar-refractivity contribution in [3.63, 3.8) is 0 Å². The Hall–Kier alpha value is -2.58. The van der Waals surface area contributed by atoms with Crippen molar-refractivity contribution >= 4 is 23.9 Å². The third-order valence-electron chi connectivity index (χ3n) is 5.02. The number of hydrogen-bond acceptors (Lipinski definition) is 8. The van der Waals surface area contributed by atoms with Gasteiger partial charge in [-0.05, 0) is 45.6 Å². The van der Waals surface area contributed by atoms with Crippen LogP contribution in [0.1, 0.15) is 55.4 Å². The number of carbonyl (C=O) groups excluding carboxylic acids is 3. The Bertz CT molecular complexity index is 724. The standard InChI is InChI=1S/C22H36N2O7/c1-12(11-29-16(5)25)13(2)19-14(3)17(10-18(30-19)20(26)28-9)23-15(4)24-21(27)31-22(6,7)8/h10,12-14,17,19H,11H2,1-9H3,(H,23,24,27)/t12-,13-,14-,17+,19+/m1/s1. The number of carbonyl (C=O) groups is 3. The number of aliphatic imine (C=N–C) groups is 1. The zero-order valence-corrected chi connectivity index (χ0v) is 20.0. The quantitative estimate of drug-likeness (QED) is 0.292. The molecule has 0 aromatic heterocycles. The normalized spacial score (nSPS) is 23.6. The van der Waals surface area contributed by atoms with Crippen LogP contribution in [0.2, 0.25) is 0 Å². The van der Waals surface area contributed by atoms with Crippen LogP contribution in [-0.4, -0.2) is 55.3 Å². The molecule has 1 N–H and O–H groups in total. The molecule has 0 aromatic rings. The highest BCUT2D eigenvalue weighted by molar-refractivity contribution is 5.94. The van der Waals surface area contributed by atoms with Crippen LogP contribution >= 0.6 is 0 Å². The molecule has 176 valence electrons. The maximum Gasteiger partial charge on any atom is 0.413 e. The molecule has 9 nitrogen and oxygen atoms in total. The maximum atomic E-state index is 12.2. The lowest BCUT2D eigenvalue weighted by Crippen LogP contribution is -2.43. The van der Waals surface area contributed by atoms with E-state index >= 15 is 0 Å². The van der Waals surface area contributed by atoms with Crippen molar-refractivity contribution in [2.24, 2.45) is 22.7 Å². The molecule has 0 bridgehead atoms. The van der Waals surface area contributed by atoms with E-state index in [0.29, 0.717) is 5.84 Å². The second kappa shape index (κ2) is 11.2. The van der Waals surface area contributed by atoms with Crippen LogP contribution in [0.15, 0.2) is 16.8 Å². The van der Waals surface area contributed by atoms with Crippen molar-refractivity contribution in [3.8, 4) is 0 Å². The summed E-state index contributed by atoms with van der Waals surface area (Å²) in [6, 6.07) is -0.439. The number of methoxy groups -OCH3 is 1. The molecule has 0 aromatic carbocycles. The topological polar surface area (TPSA) is 113 Å². The summed E-state index contributed by atoms with van der Waals surface area (Å²) in [6.45, 7) is 14.5. The van der Waals surface area contributed by atoms with Gasteiger partial charge in [-0.25, -0.2) is 9.59 Å². The zero-order valence-electron chi connectivity index (χ0n) is 20.0. The summed E-state index contributed by atoms with van der Waals surface area (Å²) in [5, 5.41) is 2.61. The van der Waals surface area contributed by atoms with Crippen molar-refractivity contribution in [2.45, 2.75) is 73.1 Å². The van der Waals surface area contributed by atoms with Crippen LogP contribution in [0.3, 0.4) is 0 Å². The Morgan fingerprint density at radius 3 is 2.35 bits per heavy atom. The molecule has 1 rings (SSSR count). The predicted octanol–water partition coefficient (Wildman–Crippen LogP) is 3.23. The van der Waals surface area contributed by atoms with Crippen LogP contribution < -0.4 is 5.32 Å². The van der Waals surface area contributed by atoms with Gasteiger partial charge in [0.2, 0.25) is 5.76 Å². The van der Waals surface area contributed by atoms with Crippen molar-refractivity contribution in [1.29, 1.82) is 0 Å². The van der Waals surface area contributed by atoms with Gasteiger partial charge in [0.1, 0.15) is 17.5 Å². The van der Waals surface area contributed by atoms with Crippen molar-refractivity contribution < 1.29 is 33.3 Å². The minimum atomic E-state index is -0.632. The first-order valence-electron chi connectivity index (χ1n) is 10.4. The molecule has 1 amide bonds. The molecular formula is C22H36N2O7. The SMILES string of the molecule is COC(=O)C1=C[C@H](N=C(C)NC(=O)OC(C)(C)C)[C@@H](C)[C@H]([C@H](C)[C@H](C)COC(C)=O)O1. The van der Waals surface area contributed by atoms with Crippen molar-refractivity contribution in [1.82, 2.24) is 5.32 Å². The molecule has 31 heavy (non-hydrogen) atoms. The average molecular weight is 441 g/mol. The van der Waals surface area contributed by atoms with E-state index < -0.39 is 23.7 Å². The molecule has 0 unspecified atom stereocenters. The Labute approximate surface area is 184 Å². The van der Waals surface area contributed by atoms with E-state index in [1.165, 1.54) is 14.0 Å². The first kappa shape index (κ1) is 26.5. The Morgan fingerprint density at radius 1 is 1.23 bits per heavy atom. The number of amides is 1. The number of ether oxygens (including phenoxy) is 4. The largest absolute Gasteiger partial charge is 0.483 e. The number of nitrogens with one attached hydrogen (secondary N) is 1. The fourth-order valence-electron chi connectivity index (χ4n) is 3.18. The number of rotatable bonds is 6. The zero-order chi connectivity index (χ0) is 23.9. The van der Waals surface area contributed by atoms with E-state index in [-0.39, 0.29) is 42.2 Å². The average Bonchev–Trinajstić information content (AvgIpc) is 2.64. The third kappa shape index (κ3) is 8.59. The molecule has 1 aliphatic rings. The van der Waals surface area contributed by atoms with E-state index in [9.17, 15) is 14.4 Å². The predicted molar refractivity (Wildman–Crippen MR) is 115 cm³/mol. The molecule has 0 fully saturated rings. The molecule has 0 spiro atoms. The summed E-state index contributed by atoms with van der Waals surface area (Å²) in [4.78, 5) is 39.9. The van der Waals surface area contributed by atoms with Crippen LogP contribution in [-0.2, 0) is 28.5 Å². The van der Waals surface area contributed by atoms with Crippen LogP contribution in [0.5, 0.6) is 0 Å². The monoisotopic (exact) mass is 440 g/mol. The molecule has 0 radical (unpaired) electrons. The molecule has 0 saturated carbocycles. The number of amidine groups is 1. The van der Waals surface area contributed by atoms with Gasteiger partial charge in [0.05, 0.1) is 19.8 Å². The summed E-state index contributed by atoms with van der Waals surface area (Å²) in [5.74, 6) is -0.728. The molecule has 0 saturated heterocycles. The second-order valence-electron chi connectivity index (χ2n) is 8.94. The lowest BCUT2D eigenvalue weighted by molar-refractivity contribution is -0.145. The van der Waals surface area contributed by atoms with Gasteiger partial charge in [0, 0.05) is 12.8 Å². The first-order chi connectivity index (χ1) is 14.2. The van der Waals surface area contributed by atoms with Gasteiger partial charge in [-0.2, -0.15) is 0 Å². The van der Waals surface area contributed by atoms with Gasteiger partial charge >= 0.3 is 18.0 Å². The third-order valence-corrected chi connectivity index (χ3v) is 5.02. The Kier molecular flexibility index (Phi) is 9.52. The van der Waals surface area contributed by atoms with E-state index in [4.69, 9.17) is 18.9 Å². The molecular weight excluding hydrogens is 404 g/mol. The molecule has 1 heterocycles. The molecule has 1 aliphatic heterocycles. The summed E-state index contributed by atoms with van der Waals surface area (Å²) < 4.78 is 21.2. The fraction of sp³-hybridized carbons (Fsp3) is 0.727. The van der Waals surface area contributed by atoms with E-state index in [1.54, 1.807) is 33.8 Å². The van der Waals surface area contributed by atoms with Gasteiger partial charge < -0.3 is 18.9 Å². The summed E-state index contributed by atoms with van der Waals surface area (Å²) >= 11 is 0. The van der Waals surface area contributed by atoms with E-state index in [1.807, 2.05) is 20.8 Å². The summed E-state index contributed by atoms with van der Waals surface area (Å²) in [6.07, 6.45) is 0.606. The van der Waals surface area contributed by atoms with Crippen LogP contribution in [0.4, 0.5) is 4.79 Å². The fourth-order valence-corrected chi connectivity index (χ4v) is 3.18. The van der Waals surface area contributed by atoms with Gasteiger partial charge in [-0.3, -0.25) is 15.1 Å². The lowest BCUT2D eigenvalue weighted by Gasteiger charge is -2.38. The van der Waals surface area contributed by atoms with E-state index in [0.717, 1.165) is 0 Å². The highest BCUT2D eigenvalue weighted by atomic mass is 16.6. The van der Waals surface area contributed by atoms with Crippen LogP contribution in [0, 0.1) is 17.8 Å². The van der Waals surface area contributed by atoms with Gasteiger partial charge in [0.25, 0.3) is 0 Å². The number of alkyl carbamates (subject to hydrolysis) is 1. The number of hydrogen-bond donors (Lipinski definition) is 1. The minimum absolute atomic E-state index is 0.0149. The Balaban J connectivity index is 3.07. The first-order valence-corrected chi connectivity index (χ1v) is 10.4. The van der Waals surface area contributed by atoms with Crippen molar-refractivity contribution in [2.75, 3.05) is 13.7 Å². The van der Waals surface area contributed by atoms with E-state index in [2.05, 4.69) is 10.3 Å². The Morgan fingerprint density at radius 2 is 1.84 bits per heavy atom. The minimum Gasteiger partial charge on any atom is -0.483 e. The molecule has 9 heteroatoms. The lowest BCUT2D eigenvalue weighted by atomic mass is 9.80. The molecule has 5 atom stereocenters. The van der Waals surface area contributed by atoms with Gasteiger partial charge in [0.15, 0.2) is 0 Å². The van der Waals surface area contributed by atoms with Crippen molar-refractivity contribution in [3.05, 3.63) is 11.8 Å².